The van der Waals surface area contributed by atoms with E-state index in [1.54, 1.807) is 14.2 Å². The molecule has 1 aromatic heterocycles. The van der Waals surface area contributed by atoms with Crippen molar-refractivity contribution in [1.29, 1.82) is 0 Å². The van der Waals surface area contributed by atoms with Crippen molar-refractivity contribution in [2.75, 3.05) is 14.2 Å². The Morgan fingerprint density at radius 2 is 2.16 bits per heavy atom. The van der Waals surface area contributed by atoms with Gasteiger partial charge in [0.25, 0.3) is 0 Å². The number of nitrogens with one attached hydrogen (secondary N) is 2. The van der Waals surface area contributed by atoms with E-state index >= 15 is 0 Å². The summed E-state index contributed by atoms with van der Waals surface area (Å²) in [6, 6.07) is 8.06. The molecule has 1 aromatic carbocycles. The average molecular weight is 342 g/mol. The van der Waals surface area contributed by atoms with Crippen molar-refractivity contribution in [2.24, 2.45) is 4.99 Å². The second-order valence-electron chi connectivity index (χ2n) is 6.17. The van der Waals surface area contributed by atoms with E-state index in [1.807, 2.05) is 18.2 Å². The molecule has 1 aliphatic rings. The molecule has 1 aliphatic heterocycles. The lowest BCUT2D eigenvalue weighted by molar-refractivity contribution is 0.405. The fourth-order valence-electron chi connectivity index (χ4n) is 3.16. The highest BCUT2D eigenvalue weighted by Gasteiger charge is 2.16. The summed E-state index contributed by atoms with van der Waals surface area (Å²) in [6.07, 6.45) is 3.41. The predicted molar refractivity (Wildman–Crippen MR) is 97.7 cm³/mol. The summed E-state index contributed by atoms with van der Waals surface area (Å²) in [5.41, 5.74) is 1.09. The highest BCUT2D eigenvalue weighted by molar-refractivity contribution is 5.80. The van der Waals surface area contributed by atoms with E-state index in [9.17, 15) is 0 Å². The third kappa shape index (κ3) is 3.92. The number of aliphatic imine (C=N–C) groups is 1. The molecule has 7 heteroatoms. The maximum absolute atomic E-state index is 5.44. The third-order valence-electron chi connectivity index (χ3n) is 4.53. The van der Waals surface area contributed by atoms with Crippen molar-refractivity contribution in [3.05, 3.63) is 41.5 Å². The van der Waals surface area contributed by atoms with Crippen molar-refractivity contribution in [3.8, 4) is 5.75 Å². The van der Waals surface area contributed by atoms with Crippen LogP contribution in [0.5, 0.6) is 5.75 Å². The van der Waals surface area contributed by atoms with Crippen LogP contribution in [0, 0.1) is 0 Å². The minimum absolute atomic E-state index is 0.0645. The number of fused-ring (bicyclic) bond motifs is 1. The number of aryl methyl sites for hydroxylation is 1. The molecule has 7 nitrogen and oxygen atoms in total. The molecule has 0 fully saturated rings. The SMILES string of the molecule is CN=C(NCc1nnc2n1CCCC2)NC(C)c1ccccc1OC. The number of benzene rings is 1. The number of hydrogen-bond acceptors (Lipinski definition) is 4. The summed E-state index contributed by atoms with van der Waals surface area (Å²) < 4.78 is 7.66. The maximum atomic E-state index is 5.44. The highest BCUT2D eigenvalue weighted by atomic mass is 16.5. The Bertz CT molecular complexity index is 739. The molecule has 0 amide bonds. The largest absolute Gasteiger partial charge is 0.496 e. The zero-order chi connectivity index (χ0) is 17.6. The Kier molecular flexibility index (Phi) is 5.53. The summed E-state index contributed by atoms with van der Waals surface area (Å²) in [7, 11) is 3.45. The molecule has 0 spiro atoms. The van der Waals surface area contributed by atoms with Crippen molar-refractivity contribution in [3.63, 3.8) is 0 Å². The molecular formula is C18H26N6O. The predicted octanol–water partition coefficient (Wildman–Crippen LogP) is 2.05. The normalized spacial score (nSPS) is 15.4. The van der Waals surface area contributed by atoms with Gasteiger partial charge in [0.05, 0.1) is 19.7 Å². The van der Waals surface area contributed by atoms with Crippen LogP contribution in [-0.4, -0.2) is 34.9 Å². The van der Waals surface area contributed by atoms with E-state index in [2.05, 4.69) is 43.4 Å². The second-order valence-corrected chi connectivity index (χ2v) is 6.17. The molecule has 0 bridgehead atoms. The average Bonchev–Trinajstić information content (AvgIpc) is 3.08. The molecule has 134 valence electrons. The Labute approximate surface area is 148 Å². The van der Waals surface area contributed by atoms with Gasteiger partial charge in [0.1, 0.15) is 11.6 Å². The Morgan fingerprint density at radius 1 is 1.32 bits per heavy atom. The first-order chi connectivity index (χ1) is 12.2. The van der Waals surface area contributed by atoms with Crippen LogP contribution in [0.1, 0.15) is 43.0 Å². The summed E-state index contributed by atoms with van der Waals surface area (Å²) in [4.78, 5) is 4.32. The first-order valence-corrected chi connectivity index (χ1v) is 8.74. The van der Waals surface area contributed by atoms with Gasteiger partial charge in [0.2, 0.25) is 0 Å². The van der Waals surface area contributed by atoms with Crippen LogP contribution in [0.2, 0.25) is 0 Å². The van der Waals surface area contributed by atoms with E-state index in [0.29, 0.717) is 6.54 Å². The van der Waals surface area contributed by atoms with E-state index in [0.717, 1.165) is 41.9 Å². The first kappa shape index (κ1) is 17.3. The highest BCUT2D eigenvalue weighted by Crippen LogP contribution is 2.24. The lowest BCUT2D eigenvalue weighted by atomic mass is 10.1. The molecule has 0 radical (unpaired) electrons. The minimum atomic E-state index is 0.0645. The Balaban J connectivity index is 1.62. The molecule has 0 saturated carbocycles. The molecule has 25 heavy (non-hydrogen) atoms. The van der Waals surface area contributed by atoms with Crippen molar-refractivity contribution in [1.82, 2.24) is 25.4 Å². The molecule has 2 aromatic rings. The molecule has 2 heterocycles. The molecule has 0 saturated heterocycles. The molecule has 3 rings (SSSR count). The van der Waals surface area contributed by atoms with Crippen LogP contribution >= 0.6 is 0 Å². The van der Waals surface area contributed by atoms with E-state index in [1.165, 1.54) is 12.8 Å². The molecular weight excluding hydrogens is 316 g/mol. The maximum Gasteiger partial charge on any atom is 0.191 e. The quantitative estimate of drug-likeness (QED) is 0.642. The van der Waals surface area contributed by atoms with Gasteiger partial charge < -0.3 is 19.9 Å². The van der Waals surface area contributed by atoms with Gasteiger partial charge in [-0.05, 0) is 25.8 Å². The first-order valence-electron chi connectivity index (χ1n) is 8.74. The zero-order valence-electron chi connectivity index (χ0n) is 15.1. The van der Waals surface area contributed by atoms with E-state index < -0.39 is 0 Å². The summed E-state index contributed by atoms with van der Waals surface area (Å²) in [5, 5.41) is 15.3. The fourth-order valence-corrected chi connectivity index (χ4v) is 3.16. The van der Waals surface area contributed by atoms with Gasteiger partial charge in [-0.1, -0.05) is 18.2 Å². The van der Waals surface area contributed by atoms with Crippen molar-refractivity contribution in [2.45, 2.75) is 45.3 Å². The number of ether oxygens (including phenoxy) is 1. The standard InChI is InChI=1S/C18H26N6O/c1-13(14-8-4-5-9-15(14)25-3)21-18(19-2)20-12-17-23-22-16-10-6-7-11-24(16)17/h4-5,8-9,13H,6-7,10-12H2,1-3H3,(H2,19,20,21). The van der Waals surface area contributed by atoms with Crippen LogP contribution in [0.4, 0.5) is 0 Å². The zero-order valence-corrected chi connectivity index (χ0v) is 15.1. The monoisotopic (exact) mass is 342 g/mol. The van der Waals surface area contributed by atoms with Gasteiger partial charge in [-0.2, -0.15) is 0 Å². The molecule has 2 N–H and O–H groups in total. The smallest absolute Gasteiger partial charge is 0.191 e. The summed E-state index contributed by atoms with van der Waals surface area (Å²) in [5.74, 6) is 3.65. The molecule has 1 atom stereocenters. The lowest BCUT2D eigenvalue weighted by Crippen LogP contribution is -2.39. The number of nitrogens with zero attached hydrogens (tertiary/aromatic N) is 4. The molecule has 0 aliphatic carbocycles. The van der Waals surface area contributed by atoms with Gasteiger partial charge in [-0.15, -0.1) is 10.2 Å². The van der Waals surface area contributed by atoms with Crippen LogP contribution < -0.4 is 15.4 Å². The van der Waals surface area contributed by atoms with Crippen molar-refractivity contribution >= 4 is 5.96 Å². The lowest BCUT2D eigenvalue weighted by Gasteiger charge is -2.20. The van der Waals surface area contributed by atoms with E-state index in [-0.39, 0.29) is 6.04 Å². The van der Waals surface area contributed by atoms with Crippen LogP contribution in [0.25, 0.3) is 0 Å². The number of aromatic nitrogens is 3. The minimum Gasteiger partial charge on any atom is -0.496 e. The van der Waals surface area contributed by atoms with Crippen LogP contribution in [0.3, 0.4) is 0 Å². The summed E-state index contributed by atoms with van der Waals surface area (Å²) >= 11 is 0. The van der Waals surface area contributed by atoms with Gasteiger partial charge in [0, 0.05) is 25.6 Å². The van der Waals surface area contributed by atoms with Gasteiger partial charge in [-0.25, -0.2) is 0 Å². The molecule has 1 unspecified atom stereocenters. The van der Waals surface area contributed by atoms with Crippen molar-refractivity contribution < 1.29 is 4.74 Å². The van der Waals surface area contributed by atoms with Gasteiger partial charge in [-0.3, -0.25) is 4.99 Å². The van der Waals surface area contributed by atoms with E-state index in [4.69, 9.17) is 4.74 Å². The topological polar surface area (TPSA) is 76.4 Å². The van der Waals surface area contributed by atoms with Crippen LogP contribution in [0.15, 0.2) is 29.3 Å². The van der Waals surface area contributed by atoms with Gasteiger partial charge >= 0.3 is 0 Å². The third-order valence-corrected chi connectivity index (χ3v) is 4.53. The van der Waals surface area contributed by atoms with Crippen LogP contribution in [-0.2, 0) is 19.5 Å². The van der Waals surface area contributed by atoms with Gasteiger partial charge in [0.15, 0.2) is 11.8 Å². The number of rotatable bonds is 5. The number of methoxy groups -OCH3 is 1. The number of para-hydroxylation sites is 1. The number of hydrogen-bond donors (Lipinski definition) is 2. The summed E-state index contributed by atoms with van der Waals surface area (Å²) in [6.45, 7) is 3.69. The Morgan fingerprint density at radius 3 is 2.96 bits per heavy atom. The number of guanidine groups is 1. The fraction of sp³-hybridized carbons (Fsp3) is 0.500. The Hall–Kier alpha value is -2.57. The second kappa shape index (κ2) is 8.00.